The molecule has 1 heterocycles. The van der Waals surface area contributed by atoms with Crippen LogP contribution in [-0.4, -0.2) is 26.0 Å². The SMILES string of the molecule is CC(C)Cc1noc(C[S@@](=O)CC(=O)Nc2cccc(F)c2)n1. The minimum Gasteiger partial charge on any atom is -0.338 e. The summed E-state index contributed by atoms with van der Waals surface area (Å²) in [6.07, 6.45) is 0.677. The van der Waals surface area contributed by atoms with E-state index in [0.29, 0.717) is 23.9 Å². The minimum atomic E-state index is -1.48. The molecule has 2 aromatic rings. The lowest BCUT2D eigenvalue weighted by Crippen LogP contribution is -2.20. The summed E-state index contributed by atoms with van der Waals surface area (Å²) in [6.45, 7) is 4.07. The summed E-state index contributed by atoms with van der Waals surface area (Å²) in [5.41, 5.74) is 0.323. The third-order valence-electron chi connectivity index (χ3n) is 2.79. The van der Waals surface area contributed by atoms with Gasteiger partial charge >= 0.3 is 0 Å². The molecule has 0 bridgehead atoms. The van der Waals surface area contributed by atoms with Gasteiger partial charge in [0.1, 0.15) is 17.3 Å². The maximum atomic E-state index is 13.0. The molecule has 23 heavy (non-hydrogen) atoms. The van der Waals surface area contributed by atoms with Crippen molar-refractivity contribution >= 4 is 22.4 Å². The van der Waals surface area contributed by atoms with Gasteiger partial charge in [0.25, 0.3) is 0 Å². The normalized spacial score (nSPS) is 12.3. The van der Waals surface area contributed by atoms with Crippen molar-refractivity contribution in [2.75, 3.05) is 11.1 Å². The van der Waals surface area contributed by atoms with Gasteiger partial charge in [0.15, 0.2) is 5.82 Å². The number of carbonyl (C=O) groups is 1. The van der Waals surface area contributed by atoms with Crippen molar-refractivity contribution in [3.63, 3.8) is 0 Å². The smallest absolute Gasteiger partial charge is 0.239 e. The molecule has 2 rings (SSSR count). The summed E-state index contributed by atoms with van der Waals surface area (Å²) in [7, 11) is -1.48. The number of hydrogen-bond donors (Lipinski definition) is 1. The Bertz CT molecular complexity index is 703. The molecule has 0 aliphatic carbocycles. The van der Waals surface area contributed by atoms with Gasteiger partial charge in [-0.25, -0.2) is 4.39 Å². The van der Waals surface area contributed by atoms with Crippen molar-refractivity contribution in [3.05, 3.63) is 41.8 Å². The number of amides is 1. The summed E-state index contributed by atoms with van der Waals surface area (Å²) in [5.74, 6) is 0.0835. The number of aromatic nitrogens is 2. The molecule has 1 aromatic carbocycles. The highest BCUT2D eigenvalue weighted by atomic mass is 32.2. The molecule has 0 spiro atoms. The second-order valence-corrected chi connectivity index (χ2v) is 6.95. The molecule has 8 heteroatoms. The van der Waals surface area contributed by atoms with Crippen molar-refractivity contribution in [1.82, 2.24) is 10.1 Å². The topological polar surface area (TPSA) is 85.1 Å². The van der Waals surface area contributed by atoms with Gasteiger partial charge in [0, 0.05) is 22.9 Å². The predicted molar refractivity (Wildman–Crippen MR) is 84.6 cm³/mol. The van der Waals surface area contributed by atoms with E-state index in [-0.39, 0.29) is 17.4 Å². The number of nitrogens with one attached hydrogen (secondary N) is 1. The molecule has 6 nitrogen and oxygen atoms in total. The Balaban J connectivity index is 1.84. The molecule has 124 valence electrons. The van der Waals surface area contributed by atoms with Gasteiger partial charge in [-0.2, -0.15) is 4.98 Å². The Hall–Kier alpha value is -2.09. The van der Waals surface area contributed by atoms with Crippen LogP contribution in [0.4, 0.5) is 10.1 Å². The molecule has 1 aromatic heterocycles. The zero-order chi connectivity index (χ0) is 16.8. The number of halogens is 1. The van der Waals surface area contributed by atoms with Crippen LogP contribution in [0.2, 0.25) is 0 Å². The van der Waals surface area contributed by atoms with Gasteiger partial charge in [-0.3, -0.25) is 9.00 Å². The highest BCUT2D eigenvalue weighted by Gasteiger charge is 2.14. The van der Waals surface area contributed by atoms with Gasteiger partial charge < -0.3 is 9.84 Å². The van der Waals surface area contributed by atoms with E-state index < -0.39 is 22.5 Å². The quantitative estimate of drug-likeness (QED) is 0.836. The molecule has 1 N–H and O–H groups in total. The maximum Gasteiger partial charge on any atom is 0.239 e. The van der Waals surface area contributed by atoms with Crippen molar-refractivity contribution in [2.45, 2.75) is 26.0 Å². The summed E-state index contributed by atoms with van der Waals surface area (Å²) in [4.78, 5) is 15.9. The molecule has 1 amide bonds. The molecule has 0 aliphatic heterocycles. The van der Waals surface area contributed by atoms with Crippen molar-refractivity contribution in [3.8, 4) is 0 Å². The van der Waals surface area contributed by atoms with Crippen molar-refractivity contribution in [2.24, 2.45) is 5.92 Å². The van der Waals surface area contributed by atoms with E-state index in [1.807, 2.05) is 13.8 Å². The second-order valence-electron chi connectivity index (χ2n) is 5.49. The molecular formula is C15H18FN3O3S. The zero-order valence-corrected chi connectivity index (χ0v) is 13.7. The third-order valence-corrected chi connectivity index (χ3v) is 3.94. The number of nitrogens with zero attached hydrogens (tertiary/aromatic N) is 2. The minimum absolute atomic E-state index is 0.0155. The number of hydrogen-bond acceptors (Lipinski definition) is 5. The van der Waals surface area contributed by atoms with Crippen LogP contribution in [0.1, 0.15) is 25.6 Å². The van der Waals surface area contributed by atoms with E-state index in [1.165, 1.54) is 18.2 Å². The molecule has 0 saturated carbocycles. The fourth-order valence-corrected chi connectivity index (χ4v) is 2.75. The standard InChI is InChI=1S/C15H18FN3O3S/c1-10(2)6-13-18-15(22-19-13)9-23(21)8-14(20)17-12-5-3-4-11(16)7-12/h3-5,7,10H,6,8-9H2,1-2H3,(H,17,20)/t23-/m0/s1. The van der Waals surface area contributed by atoms with Crippen LogP contribution in [0.25, 0.3) is 0 Å². The van der Waals surface area contributed by atoms with Crippen LogP contribution in [-0.2, 0) is 27.8 Å². The lowest BCUT2D eigenvalue weighted by atomic mass is 10.1. The molecule has 1 atom stereocenters. The fraction of sp³-hybridized carbons (Fsp3) is 0.400. The van der Waals surface area contributed by atoms with Crippen LogP contribution in [0.3, 0.4) is 0 Å². The van der Waals surface area contributed by atoms with E-state index in [2.05, 4.69) is 15.5 Å². The number of carbonyl (C=O) groups excluding carboxylic acids is 1. The van der Waals surface area contributed by atoms with Gasteiger partial charge in [0.05, 0.1) is 0 Å². The molecule has 0 aliphatic rings. The van der Waals surface area contributed by atoms with Crippen LogP contribution >= 0.6 is 0 Å². The first-order valence-corrected chi connectivity index (χ1v) is 8.63. The molecule has 0 radical (unpaired) electrons. The Kier molecular flexibility index (Phi) is 5.97. The molecule has 0 fully saturated rings. The number of benzene rings is 1. The lowest BCUT2D eigenvalue weighted by molar-refractivity contribution is -0.113. The molecule has 0 unspecified atom stereocenters. The van der Waals surface area contributed by atoms with E-state index >= 15 is 0 Å². The van der Waals surface area contributed by atoms with Gasteiger partial charge in [0.2, 0.25) is 11.8 Å². The Labute approximate surface area is 135 Å². The highest BCUT2D eigenvalue weighted by Crippen LogP contribution is 2.10. The fourth-order valence-electron chi connectivity index (χ4n) is 1.90. The zero-order valence-electron chi connectivity index (χ0n) is 12.9. The highest BCUT2D eigenvalue weighted by molar-refractivity contribution is 7.84. The monoisotopic (exact) mass is 339 g/mol. The van der Waals surface area contributed by atoms with E-state index in [4.69, 9.17) is 4.52 Å². The maximum absolute atomic E-state index is 13.0. The first-order valence-electron chi connectivity index (χ1n) is 7.14. The first-order chi connectivity index (χ1) is 10.9. The third kappa shape index (κ3) is 5.90. The van der Waals surface area contributed by atoms with Gasteiger partial charge in [-0.05, 0) is 24.1 Å². The summed E-state index contributed by atoms with van der Waals surface area (Å²) >= 11 is 0. The number of rotatable bonds is 7. The average Bonchev–Trinajstić information content (AvgIpc) is 2.84. The van der Waals surface area contributed by atoms with Crippen LogP contribution in [0.15, 0.2) is 28.8 Å². The summed E-state index contributed by atoms with van der Waals surface area (Å²) in [6, 6.07) is 5.51. The Morgan fingerprint density at radius 1 is 1.43 bits per heavy atom. The molecular weight excluding hydrogens is 321 g/mol. The second kappa shape index (κ2) is 7.96. The average molecular weight is 339 g/mol. The van der Waals surface area contributed by atoms with E-state index in [1.54, 1.807) is 6.07 Å². The van der Waals surface area contributed by atoms with E-state index in [9.17, 15) is 13.4 Å². The van der Waals surface area contributed by atoms with Crippen LogP contribution in [0.5, 0.6) is 0 Å². The van der Waals surface area contributed by atoms with Crippen LogP contribution in [0, 0.1) is 11.7 Å². The van der Waals surface area contributed by atoms with Crippen LogP contribution < -0.4 is 5.32 Å². The summed E-state index contributed by atoms with van der Waals surface area (Å²) < 4.78 is 30.0. The van der Waals surface area contributed by atoms with Crippen molar-refractivity contribution < 1.29 is 17.9 Å². The number of anilines is 1. The largest absolute Gasteiger partial charge is 0.338 e. The van der Waals surface area contributed by atoms with Gasteiger partial charge in [-0.1, -0.05) is 25.1 Å². The first kappa shape index (κ1) is 17.3. The summed E-state index contributed by atoms with van der Waals surface area (Å²) in [5, 5.41) is 6.30. The van der Waals surface area contributed by atoms with E-state index in [0.717, 1.165) is 0 Å². The lowest BCUT2D eigenvalue weighted by Gasteiger charge is -2.04. The Morgan fingerprint density at radius 3 is 2.91 bits per heavy atom. The molecule has 0 saturated heterocycles. The van der Waals surface area contributed by atoms with Crippen molar-refractivity contribution in [1.29, 1.82) is 0 Å². The predicted octanol–water partition coefficient (Wildman–Crippen LogP) is 2.29. The Morgan fingerprint density at radius 2 is 2.22 bits per heavy atom. The van der Waals surface area contributed by atoms with Gasteiger partial charge in [-0.15, -0.1) is 0 Å².